The average Bonchev–Trinajstić information content (AvgIpc) is 2.27. The number of fused-ring (bicyclic) bond motifs is 1. The fraction of sp³-hybridized carbons (Fsp3) is 1.00. The third kappa shape index (κ3) is 0.973. The summed E-state index contributed by atoms with van der Waals surface area (Å²) in [6.45, 7) is 7.60. The molecule has 0 aliphatic carbocycles. The van der Waals surface area contributed by atoms with Crippen LogP contribution >= 0.6 is 0 Å². The lowest BCUT2D eigenvalue weighted by molar-refractivity contribution is -0.235. The van der Waals surface area contributed by atoms with Crippen LogP contribution in [0.25, 0.3) is 0 Å². The highest BCUT2D eigenvalue weighted by Gasteiger charge is 2.75. The molecule has 4 atom stereocenters. The summed E-state index contributed by atoms with van der Waals surface area (Å²) in [5.74, 6) is -2.97. The van der Waals surface area contributed by atoms with Gasteiger partial charge in [0.25, 0.3) is 0 Å². The molecule has 1 unspecified atom stereocenters. The quantitative estimate of drug-likeness (QED) is 0.674. The molecule has 0 radical (unpaired) electrons. The van der Waals surface area contributed by atoms with Crippen LogP contribution in [0.15, 0.2) is 0 Å². The van der Waals surface area contributed by atoms with Crippen LogP contribution in [0.2, 0.25) is 0 Å². The molecule has 0 bridgehead atoms. The molecular formula is C12H22O3. The highest BCUT2D eigenvalue weighted by molar-refractivity contribution is 5.18. The third-order valence-corrected chi connectivity index (χ3v) is 4.65. The van der Waals surface area contributed by atoms with Gasteiger partial charge in [-0.05, 0) is 33.6 Å². The Morgan fingerprint density at radius 1 is 1.33 bits per heavy atom. The molecule has 88 valence electrons. The van der Waals surface area contributed by atoms with Crippen molar-refractivity contribution in [1.82, 2.24) is 0 Å². The highest BCUT2D eigenvalue weighted by Crippen LogP contribution is 2.64. The summed E-state index contributed by atoms with van der Waals surface area (Å²) >= 11 is 0. The molecule has 2 aliphatic heterocycles. The molecule has 0 aromatic carbocycles. The molecule has 0 amide bonds. The predicted molar refractivity (Wildman–Crippen MR) is 57.4 cm³/mol. The number of hydrogen-bond acceptors (Lipinski definition) is 3. The second-order valence-corrected chi connectivity index (χ2v) is 5.58. The van der Waals surface area contributed by atoms with E-state index in [0.717, 1.165) is 0 Å². The van der Waals surface area contributed by atoms with Crippen molar-refractivity contribution in [3.05, 3.63) is 0 Å². The van der Waals surface area contributed by atoms with E-state index in [4.69, 9.17) is 13.6 Å². The van der Waals surface area contributed by atoms with E-state index in [9.17, 15) is 5.11 Å². The van der Waals surface area contributed by atoms with Crippen LogP contribution < -0.4 is 0 Å². The van der Waals surface area contributed by atoms with Crippen LogP contribution in [-0.4, -0.2) is 28.7 Å². The maximum absolute atomic E-state index is 10.9. The van der Waals surface area contributed by atoms with Gasteiger partial charge in [0.15, 0.2) is 5.79 Å². The second-order valence-electron chi connectivity index (χ2n) is 5.58. The fourth-order valence-corrected chi connectivity index (χ4v) is 2.84. The first kappa shape index (κ1) is 8.04. The lowest BCUT2D eigenvalue weighted by atomic mass is 9.61. The first-order valence-corrected chi connectivity index (χ1v) is 5.29. The lowest BCUT2D eigenvalue weighted by Crippen LogP contribution is -2.56. The van der Waals surface area contributed by atoms with Gasteiger partial charge < -0.3 is 14.6 Å². The molecule has 2 rings (SSSR count). The fourth-order valence-electron chi connectivity index (χ4n) is 2.84. The van der Waals surface area contributed by atoms with Crippen LogP contribution in [-0.2, 0) is 9.47 Å². The SMILES string of the molecule is [2H]C1([2H])O[C@]2(C)OC(C)(C)[C@](C)(O)[C@]2(C)C1([2H])C. The van der Waals surface area contributed by atoms with Crippen molar-refractivity contribution < 1.29 is 18.7 Å². The van der Waals surface area contributed by atoms with Gasteiger partial charge >= 0.3 is 0 Å². The normalized spacial score (nSPS) is 69.4. The van der Waals surface area contributed by atoms with Gasteiger partial charge in [0.2, 0.25) is 0 Å². The Morgan fingerprint density at radius 2 is 1.87 bits per heavy atom. The van der Waals surface area contributed by atoms with Crippen molar-refractivity contribution in [1.29, 1.82) is 0 Å². The topological polar surface area (TPSA) is 38.7 Å². The van der Waals surface area contributed by atoms with Crippen LogP contribution in [0.5, 0.6) is 0 Å². The molecule has 0 aromatic rings. The molecule has 1 N–H and O–H groups in total. The largest absolute Gasteiger partial charge is 0.386 e. The minimum atomic E-state index is -2.18. The van der Waals surface area contributed by atoms with Gasteiger partial charge in [-0.2, -0.15) is 0 Å². The van der Waals surface area contributed by atoms with E-state index in [2.05, 4.69) is 0 Å². The van der Waals surface area contributed by atoms with E-state index < -0.39 is 34.9 Å². The van der Waals surface area contributed by atoms with E-state index in [0.29, 0.717) is 0 Å². The minimum Gasteiger partial charge on any atom is -0.386 e. The van der Waals surface area contributed by atoms with Crippen molar-refractivity contribution in [2.75, 3.05) is 6.56 Å². The molecule has 2 aliphatic rings. The van der Waals surface area contributed by atoms with Gasteiger partial charge in [-0.25, -0.2) is 0 Å². The maximum atomic E-state index is 10.9. The Balaban J connectivity index is 2.72. The van der Waals surface area contributed by atoms with Crippen molar-refractivity contribution in [2.45, 2.75) is 58.5 Å². The molecule has 3 nitrogen and oxygen atoms in total. The third-order valence-electron chi connectivity index (χ3n) is 4.65. The lowest BCUT2D eigenvalue weighted by Gasteiger charge is -2.43. The number of aliphatic hydroxyl groups is 1. The van der Waals surface area contributed by atoms with Crippen molar-refractivity contribution >= 4 is 0 Å². The van der Waals surface area contributed by atoms with Gasteiger partial charge in [0, 0.05) is 1.37 Å². The maximum Gasteiger partial charge on any atom is 0.174 e. The Kier molecular flexibility index (Phi) is 1.38. The molecule has 0 saturated carbocycles. The standard InChI is InChI=1S/C12H22O3/c1-8-7-14-12(6)10(8,4)11(5,13)9(2,3)15-12/h8,13H,7H2,1-6H3/t8?,10-,11-,12+/m0/s1/i7D2,8D. The van der Waals surface area contributed by atoms with Gasteiger partial charge in [-0.1, -0.05) is 13.8 Å². The summed E-state index contributed by atoms with van der Waals surface area (Å²) in [4.78, 5) is 0. The zero-order chi connectivity index (χ0) is 14.4. The summed E-state index contributed by atoms with van der Waals surface area (Å²) in [6.07, 6.45) is 0. The Bertz CT molecular complexity index is 371. The molecule has 3 heteroatoms. The Labute approximate surface area is 96.0 Å². The summed E-state index contributed by atoms with van der Waals surface area (Å²) in [5.41, 5.74) is -3.51. The average molecular weight is 217 g/mol. The molecular weight excluding hydrogens is 192 g/mol. The molecule has 15 heavy (non-hydrogen) atoms. The molecule has 2 fully saturated rings. The van der Waals surface area contributed by atoms with E-state index in [1.807, 2.05) is 0 Å². The molecule has 0 spiro atoms. The Morgan fingerprint density at radius 3 is 2.33 bits per heavy atom. The summed E-state index contributed by atoms with van der Waals surface area (Å²) in [6, 6.07) is 0. The molecule has 0 aromatic heterocycles. The van der Waals surface area contributed by atoms with Crippen LogP contribution in [0.3, 0.4) is 0 Å². The smallest absolute Gasteiger partial charge is 0.174 e. The van der Waals surface area contributed by atoms with Crippen molar-refractivity contribution in [2.24, 2.45) is 11.3 Å². The van der Waals surface area contributed by atoms with Gasteiger partial charge in [-0.15, -0.1) is 0 Å². The number of ether oxygens (including phenoxy) is 2. The van der Waals surface area contributed by atoms with E-state index in [-0.39, 0.29) is 0 Å². The van der Waals surface area contributed by atoms with Crippen molar-refractivity contribution in [3.63, 3.8) is 0 Å². The first-order valence-electron chi connectivity index (χ1n) is 6.79. The van der Waals surface area contributed by atoms with E-state index in [1.54, 1.807) is 34.6 Å². The van der Waals surface area contributed by atoms with Gasteiger partial charge in [0.1, 0.15) is 5.60 Å². The predicted octanol–water partition coefficient (Wildman–Crippen LogP) is 1.93. The summed E-state index contributed by atoms with van der Waals surface area (Å²) < 4.78 is 35.5. The minimum absolute atomic E-state index is 0.921. The van der Waals surface area contributed by atoms with Gasteiger partial charge in [-0.3, -0.25) is 0 Å². The highest BCUT2D eigenvalue weighted by atomic mass is 16.7. The van der Waals surface area contributed by atoms with Crippen LogP contribution in [0, 0.1) is 11.3 Å². The van der Waals surface area contributed by atoms with Gasteiger partial charge in [0.05, 0.1) is 20.3 Å². The van der Waals surface area contributed by atoms with Crippen LogP contribution in [0.4, 0.5) is 0 Å². The summed E-state index contributed by atoms with van der Waals surface area (Å²) in [5, 5.41) is 10.9. The van der Waals surface area contributed by atoms with Crippen molar-refractivity contribution in [3.8, 4) is 0 Å². The monoisotopic (exact) mass is 217 g/mol. The van der Waals surface area contributed by atoms with E-state index in [1.165, 1.54) is 6.92 Å². The number of hydrogen-bond donors (Lipinski definition) is 1. The number of rotatable bonds is 0. The second kappa shape index (κ2) is 2.58. The molecule has 2 heterocycles. The summed E-state index contributed by atoms with van der Waals surface area (Å²) in [7, 11) is 0. The zero-order valence-electron chi connectivity index (χ0n) is 13.3. The van der Waals surface area contributed by atoms with E-state index >= 15 is 0 Å². The Hall–Kier alpha value is -0.120. The first-order chi connectivity index (χ1) is 7.66. The van der Waals surface area contributed by atoms with Crippen LogP contribution in [0.1, 0.15) is 45.7 Å². The zero-order valence-corrected chi connectivity index (χ0v) is 10.3. The molecule has 2 saturated heterocycles.